The van der Waals surface area contributed by atoms with Gasteiger partial charge in [-0.2, -0.15) is 5.01 Å². The molecule has 6 nitrogen and oxygen atoms in total. The van der Waals surface area contributed by atoms with E-state index < -0.39 is 41.4 Å². The molecule has 4 rings (SSSR count). The number of halogens is 3. The number of hydrogen-bond acceptors (Lipinski definition) is 4. The third-order valence-corrected chi connectivity index (χ3v) is 7.26. The van der Waals surface area contributed by atoms with E-state index in [0.717, 1.165) is 15.6 Å². The third-order valence-electron chi connectivity index (χ3n) is 6.26. The van der Waals surface area contributed by atoms with Gasteiger partial charge in [0, 0.05) is 16.1 Å². The second-order valence-corrected chi connectivity index (χ2v) is 9.77. The van der Waals surface area contributed by atoms with Crippen LogP contribution in [0.15, 0.2) is 54.1 Å². The first kappa shape index (κ1) is 24.5. The highest BCUT2D eigenvalue weighted by molar-refractivity contribution is 6.42. The van der Waals surface area contributed by atoms with Crippen LogP contribution in [0.3, 0.4) is 0 Å². The van der Waals surface area contributed by atoms with Gasteiger partial charge in [-0.1, -0.05) is 46.5 Å². The molecule has 1 aliphatic heterocycles. The Bertz CT molecular complexity index is 1230. The quantitative estimate of drug-likeness (QED) is 0.292. The van der Waals surface area contributed by atoms with E-state index in [2.05, 4.69) is 0 Å². The molecule has 2 aromatic carbocycles. The summed E-state index contributed by atoms with van der Waals surface area (Å²) in [6.07, 6.45) is 2.77. The molecule has 0 spiro atoms. The number of carbonyl (C=O) groups is 4. The summed E-state index contributed by atoms with van der Waals surface area (Å²) in [5, 5.41) is 2.64. The molecule has 0 aromatic heterocycles. The van der Waals surface area contributed by atoms with Gasteiger partial charge < -0.3 is 0 Å². The molecule has 1 aliphatic carbocycles. The van der Waals surface area contributed by atoms with Crippen LogP contribution in [0.4, 0.5) is 0 Å². The van der Waals surface area contributed by atoms with Gasteiger partial charge in [0.2, 0.25) is 0 Å². The van der Waals surface area contributed by atoms with Gasteiger partial charge in [0.1, 0.15) is 6.04 Å². The van der Waals surface area contributed by atoms with Gasteiger partial charge in [0.25, 0.3) is 17.7 Å². The molecular formula is C25H21Cl3N2O4. The minimum Gasteiger partial charge on any atom is -0.292 e. The zero-order valence-electron chi connectivity index (χ0n) is 18.4. The SMILES string of the molecule is CC1=CC[C@@H]2C(=O)N(N(C(=O)c3ccc(Cl)c(Cl)c3)[C@@H](C)C(=O)c3ccc(Cl)cc3)C(=O)[C@H]2C1. The molecule has 1 heterocycles. The number of Topliss-reactive ketones (excluding diaryl/α,β-unsaturated/α-hetero) is 1. The van der Waals surface area contributed by atoms with E-state index in [1.54, 1.807) is 12.1 Å². The normalized spacial score (nSPS) is 20.6. The summed E-state index contributed by atoms with van der Waals surface area (Å²) in [7, 11) is 0. The predicted octanol–water partition coefficient (Wildman–Crippen LogP) is 5.62. The molecule has 176 valence electrons. The molecule has 3 atom stereocenters. The van der Waals surface area contributed by atoms with E-state index in [1.807, 2.05) is 13.0 Å². The van der Waals surface area contributed by atoms with Crippen molar-refractivity contribution in [3.05, 3.63) is 80.3 Å². The first-order valence-electron chi connectivity index (χ1n) is 10.7. The van der Waals surface area contributed by atoms with Crippen molar-refractivity contribution in [1.29, 1.82) is 0 Å². The van der Waals surface area contributed by atoms with Crippen LogP contribution in [0.2, 0.25) is 15.1 Å². The highest BCUT2D eigenvalue weighted by Crippen LogP contribution is 2.39. The number of benzene rings is 2. The van der Waals surface area contributed by atoms with Crippen LogP contribution >= 0.6 is 34.8 Å². The maximum atomic E-state index is 13.7. The van der Waals surface area contributed by atoms with Gasteiger partial charge in [0.05, 0.1) is 21.9 Å². The Morgan fingerprint density at radius 1 is 0.941 bits per heavy atom. The maximum absolute atomic E-state index is 13.7. The number of imide groups is 1. The first-order valence-corrected chi connectivity index (χ1v) is 11.8. The summed E-state index contributed by atoms with van der Waals surface area (Å²) in [4.78, 5) is 53.8. The lowest BCUT2D eigenvalue weighted by Gasteiger charge is -2.34. The van der Waals surface area contributed by atoms with E-state index in [0.29, 0.717) is 17.9 Å². The molecule has 1 fully saturated rings. The van der Waals surface area contributed by atoms with Gasteiger partial charge >= 0.3 is 0 Å². The Kier molecular flexibility index (Phi) is 6.85. The van der Waals surface area contributed by atoms with E-state index in [1.165, 1.54) is 37.3 Å². The summed E-state index contributed by atoms with van der Waals surface area (Å²) < 4.78 is 0. The third kappa shape index (κ3) is 4.38. The zero-order chi connectivity index (χ0) is 24.7. The minimum atomic E-state index is -1.16. The minimum absolute atomic E-state index is 0.0925. The van der Waals surface area contributed by atoms with Crippen LogP contribution in [0, 0.1) is 11.8 Å². The fourth-order valence-corrected chi connectivity index (χ4v) is 4.82. The first-order chi connectivity index (χ1) is 16.1. The number of hydrazine groups is 1. The maximum Gasteiger partial charge on any atom is 0.273 e. The van der Waals surface area contributed by atoms with Crippen molar-refractivity contribution in [3.63, 3.8) is 0 Å². The molecule has 0 unspecified atom stereocenters. The summed E-state index contributed by atoms with van der Waals surface area (Å²) in [6, 6.07) is 9.25. The molecule has 2 aliphatic rings. The van der Waals surface area contributed by atoms with Crippen molar-refractivity contribution >= 4 is 58.3 Å². The standard InChI is InChI=1S/C25H21Cl3N2O4/c1-13-3-9-18-19(11-13)25(34)30(24(18)33)29(23(32)16-6-10-20(27)21(28)12-16)14(2)22(31)15-4-7-17(26)8-5-15/h3-8,10,12,14,18-19H,9,11H2,1-2H3/t14-,18-,19-/m0/s1. The van der Waals surface area contributed by atoms with E-state index in [-0.39, 0.29) is 21.2 Å². The average molecular weight is 520 g/mol. The van der Waals surface area contributed by atoms with E-state index in [4.69, 9.17) is 34.8 Å². The zero-order valence-corrected chi connectivity index (χ0v) is 20.7. The number of allylic oxidation sites excluding steroid dienone is 2. The van der Waals surface area contributed by atoms with Gasteiger partial charge in [-0.3, -0.25) is 19.2 Å². The molecule has 0 saturated carbocycles. The summed E-state index contributed by atoms with van der Waals surface area (Å²) in [6.45, 7) is 3.39. The summed E-state index contributed by atoms with van der Waals surface area (Å²) >= 11 is 18.0. The molecule has 3 amide bonds. The second-order valence-electron chi connectivity index (χ2n) is 8.52. The highest BCUT2D eigenvalue weighted by atomic mass is 35.5. The van der Waals surface area contributed by atoms with Crippen LogP contribution < -0.4 is 0 Å². The number of hydrogen-bond donors (Lipinski definition) is 0. The van der Waals surface area contributed by atoms with Crippen molar-refractivity contribution in [1.82, 2.24) is 10.0 Å². The van der Waals surface area contributed by atoms with E-state index in [9.17, 15) is 19.2 Å². The Hall–Kier alpha value is -2.67. The number of amides is 3. The van der Waals surface area contributed by atoms with Gasteiger partial charge in [-0.25, -0.2) is 5.01 Å². The topological polar surface area (TPSA) is 74.8 Å². The summed E-state index contributed by atoms with van der Waals surface area (Å²) in [5.41, 5.74) is 1.39. The number of nitrogens with zero attached hydrogens (tertiary/aromatic N) is 2. The number of fused-ring (bicyclic) bond motifs is 1. The molecule has 34 heavy (non-hydrogen) atoms. The number of rotatable bonds is 5. The molecule has 0 radical (unpaired) electrons. The predicted molar refractivity (Wildman–Crippen MR) is 130 cm³/mol. The second kappa shape index (κ2) is 9.53. The Morgan fingerprint density at radius 2 is 1.56 bits per heavy atom. The Morgan fingerprint density at radius 3 is 2.21 bits per heavy atom. The van der Waals surface area contributed by atoms with Crippen molar-refractivity contribution in [2.24, 2.45) is 11.8 Å². The lowest BCUT2D eigenvalue weighted by molar-refractivity contribution is -0.156. The summed E-state index contributed by atoms with van der Waals surface area (Å²) in [5.74, 6) is -3.29. The van der Waals surface area contributed by atoms with Crippen LogP contribution in [0.25, 0.3) is 0 Å². The molecule has 0 bridgehead atoms. The van der Waals surface area contributed by atoms with E-state index >= 15 is 0 Å². The highest BCUT2D eigenvalue weighted by Gasteiger charge is 2.53. The largest absolute Gasteiger partial charge is 0.292 e. The molecule has 9 heteroatoms. The van der Waals surface area contributed by atoms with Crippen LogP contribution in [-0.2, 0) is 9.59 Å². The Balaban J connectivity index is 1.76. The molecule has 2 aromatic rings. The Labute approximate surface area is 212 Å². The van der Waals surface area contributed by atoms with Crippen molar-refractivity contribution in [2.45, 2.75) is 32.7 Å². The average Bonchev–Trinajstić information content (AvgIpc) is 3.05. The van der Waals surface area contributed by atoms with Crippen molar-refractivity contribution in [2.75, 3.05) is 0 Å². The van der Waals surface area contributed by atoms with Crippen LogP contribution in [0.5, 0.6) is 0 Å². The van der Waals surface area contributed by atoms with Crippen molar-refractivity contribution < 1.29 is 19.2 Å². The molecule has 0 N–H and O–H groups in total. The molecular weight excluding hydrogens is 499 g/mol. The van der Waals surface area contributed by atoms with Gasteiger partial charge in [-0.15, -0.1) is 0 Å². The fourth-order valence-electron chi connectivity index (χ4n) is 4.40. The smallest absolute Gasteiger partial charge is 0.273 e. The number of ketones is 1. The van der Waals surface area contributed by atoms with Gasteiger partial charge in [-0.05, 0) is 69.2 Å². The monoisotopic (exact) mass is 518 g/mol. The number of carbonyl (C=O) groups excluding carboxylic acids is 4. The fraction of sp³-hybridized carbons (Fsp3) is 0.280. The lowest BCUT2D eigenvalue weighted by atomic mass is 9.82. The lowest BCUT2D eigenvalue weighted by Crippen LogP contribution is -2.56. The molecule has 1 saturated heterocycles. The van der Waals surface area contributed by atoms with Crippen LogP contribution in [0.1, 0.15) is 47.4 Å². The van der Waals surface area contributed by atoms with Crippen LogP contribution in [-0.4, -0.2) is 39.6 Å². The van der Waals surface area contributed by atoms with Gasteiger partial charge in [0.15, 0.2) is 5.78 Å². The van der Waals surface area contributed by atoms with Crippen molar-refractivity contribution in [3.8, 4) is 0 Å².